The lowest BCUT2D eigenvalue weighted by Gasteiger charge is -2.27. The van der Waals surface area contributed by atoms with Gasteiger partial charge in [0.2, 0.25) is 9.70 Å². The van der Waals surface area contributed by atoms with Gasteiger partial charge >= 0.3 is 0 Å². The molecule has 1 atom stereocenters. The summed E-state index contributed by atoms with van der Waals surface area (Å²) in [6.45, 7) is 1.31. The van der Waals surface area contributed by atoms with Gasteiger partial charge in [-0.05, 0) is 43.5 Å². The minimum absolute atomic E-state index is 0.162. The van der Waals surface area contributed by atoms with E-state index in [-0.39, 0.29) is 11.0 Å². The van der Waals surface area contributed by atoms with E-state index in [1.807, 2.05) is 0 Å². The monoisotopic (exact) mass is 424 g/mol. The van der Waals surface area contributed by atoms with E-state index >= 15 is 0 Å². The topological polar surface area (TPSA) is 77.0 Å². The Bertz CT molecular complexity index is 693. The lowest BCUT2D eigenvalue weighted by Crippen LogP contribution is -2.55. The lowest BCUT2D eigenvalue weighted by molar-refractivity contribution is -0.119. The molecule has 1 heterocycles. The second kappa shape index (κ2) is 8.07. The third-order valence-corrected chi connectivity index (χ3v) is 5.54. The number of amides is 1. The third-order valence-electron chi connectivity index (χ3n) is 3.46. The number of anilines is 1. The summed E-state index contributed by atoms with van der Waals surface area (Å²) in [7, 11) is 0. The molecule has 0 aromatic carbocycles. The quantitative estimate of drug-likeness (QED) is 0.392. The molecule has 1 aromatic heterocycles. The van der Waals surface area contributed by atoms with Crippen molar-refractivity contribution in [2.75, 3.05) is 5.32 Å². The second-order valence-electron chi connectivity index (χ2n) is 5.30. The number of alkyl halides is 3. The Labute approximate surface area is 164 Å². The number of aryl methyl sites for hydroxylation is 1. The fourth-order valence-electron chi connectivity index (χ4n) is 2.45. The molecule has 24 heavy (non-hydrogen) atoms. The molecule has 3 N–H and O–H groups in total. The van der Waals surface area contributed by atoms with Crippen molar-refractivity contribution >= 4 is 74.4 Å². The van der Waals surface area contributed by atoms with Crippen LogP contribution >= 0.6 is 58.4 Å². The van der Waals surface area contributed by atoms with Crippen LogP contribution in [0.1, 0.15) is 35.8 Å². The Hall–Kier alpha value is -0.780. The zero-order chi connectivity index (χ0) is 17.9. The number of nitrogens with one attached hydrogen (secondary N) is 3. The Balaban J connectivity index is 2.13. The number of thiocarbonyl (C=S) groups is 1. The van der Waals surface area contributed by atoms with E-state index in [1.54, 1.807) is 0 Å². The fourth-order valence-corrected chi connectivity index (χ4v) is 4.30. The van der Waals surface area contributed by atoms with Gasteiger partial charge in [0.25, 0.3) is 0 Å². The molecule has 0 saturated carbocycles. The number of rotatable bonds is 3. The average Bonchev–Trinajstić information content (AvgIpc) is 2.81. The van der Waals surface area contributed by atoms with Crippen LogP contribution < -0.4 is 16.0 Å². The maximum absolute atomic E-state index is 11.2. The molecule has 1 aliphatic carbocycles. The summed E-state index contributed by atoms with van der Waals surface area (Å²) in [5, 5.41) is 18.5. The van der Waals surface area contributed by atoms with Crippen LogP contribution in [0.15, 0.2) is 0 Å². The van der Waals surface area contributed by atoms with Crippen molar-refractivity contribution in [3.8, 4) is 6.07 Å². The fraction of sp³-hybridized carbons (Fsp3) is 0.500. The van der Waals surface area contributed by atoms with Gasteiger partial charge in [0.05, 0.1) is 5.56 Å². The van der Waals surface area contributed by atoms with Gasteiger partial charge in [0, 0.05) is 11.8 Å². The Morgan fingerprint density at radius 1 is 1.33 bits per heavy atom. The Morgan fingerprint density at radius 2 is 2.00 bits per heavy atom. The predicted molar refractivity (Wildman–Crippen MR) is 103 cm³/mol. The SMILES string of the molecule is CC(=O)NC(NC(=S)Nc1sc2c(c1C#N)CCCC2)C(Cl)(Cl)Cl. The van der Waals surface area contributed by atoms with Crippen molar-refractivity contribution in [3.63, 3.8) is 0 Å². The standard InChI is InChI=1S/C14H15Cl3N4OS2/c1-7(22)19-12(14(15,16)17)21-13(23)20-11-9(6-18)8-4-2-3-5-10(8)24-11/h12H,2-5H2,1H3,(H,19,22)(H2,20,21,23). The number of nitrogens with zero attached hydrogens (tertiary/aromatic N) is 1. The lowest BCUT2D eigenvalue weighted by atomic mass is 9.96. The van der Waals surface area contributed by atoms with Crippen molar-refractivity contribution in [1.82, 2.24) is 10.6 Å². The van der Waals surface area contributed by atoms with Crippen LogP contribution in [-0.2, 0) is 17.6 Å². The van der Waals surface area contributed by atoms with Gasteiger partial charge in [0.1, 0.15) is 17.2 Å². The first-order valence-electron chi connectivity index (χ1n) is 7.18. The molecule has 0 spiro atoms. The van der Waals surface area contributed by atoms with Crippen LogP contribution in [0.25, 0.3) is 0 Å². The zero-order valence-corrected chi connectivity index (χ0v) is 16.6. The van der Waals surface area contributed by atoms with Gasteiger partial charge in [-0.1, -0.05) is 34.8 Å². The largest absolute Gasteiger partial charge is 0.339 e. The van der Waals surface area contributed by atoms with E-state index in [0.29, 0.717) is 10.6 Å². The highest BCUT2D eigenvalue weighted by Crippen LogP contribution is 2.37. The van der Waals surface area contributed by atoms with Gasteiger partial charge in [-0.2, -0.15) is 5.26 Å². The summed E-state index contributed by atoms with van der Waals surface area (Å²) in [4.78, 5) is 12.5. The highest BCUT2D eigenvalue weighted by Gasteiger charge is 2.34. The number of hydrogen-bond donors (Lipinski definition) is 3. The van der Waals surface area contributed by atoms with E-state index in [9.17, 15) is 10.1 Å². The number of carbonyl (C=O) groups excluding carboxylic acids is 1. The summed E-state index contributed by atoms with van der Waals surface area (Å²) in [6, 6.07) is 2.24. The maximum atomic E-state index is 11.2. The molecule has 0 fully saturated rings. The first-order valence-corrected chi connectivity index (χ1v) is 9.54. The number of nitriles is 1. The molecule has 1 amide bonds. The van der Waals surface area contributed by atoms with Crippen LogP contribution in [0.3, 0.4) is 0 Å². The van der Waals surface area contributed by atoms with Crippen molar-refractivity contribution < 1.29 is 4.79 Å². The Kier molecular flexibility index (Phi) is 6.57. The van der Waals surface area contributed by atoms with Crippen molar-refractivity contribution in [2.45, 2.75) is 42.6 Å². The number of thiophene rings is 1. The summed E-state index contributed by atoms with van der Waals surface area (Å²) in [6.07, 6.45) is 3.08. The van der Waals surface area contributed by atoms with Gasteiger partial charge in [0.15, 0.2) is 5.11 Å². The van der Waals surface area contributed by atoms with Crippen LogP contribution in [0, 0.1) is 11.3 Å². The van der Waals surface area contributed by atoms with Crippen molar-refractivity contribution in [1.29, 1.82) is 5.26 Å². The van der Waals surface area contributed by atoms with Gasteiger partial charge < -0.3 is 16.0 Å². The minimum atomic E-state index is -1.79. The van der Waals surface area contributed by atoms with Gasteiger partial charge in [-0.3, -0.25) is 4.79 Å². The molecular formula is C14H15Cl3N4OS2. The molecule has 1 aliphatic rings. The van der Waals surface area contributed by atoms with Crippen LogP contribution in [0.4, 0.5) is 5.00 Å². The predicted octanol–water partition coefficient (Wildman–Crippen LogP) is 3.62. The number of carbonyl (C=O) groups is 1. The van der Waals surface area contributed by atoms with E-state index in [4.69, 9.17) is 47.0 Å². The van der Waals surface area contributed by atoms with Crippen LogP contribution in [0.2, 0.25) is 0 Å². The molecule has 0 aliphatic heterocycles. The van der Waals surface area contributed by atoms with E-state index < -0.39 is 9.96 Å². The summed E-state index contributed by atoms with van der Waals surface area (Å²) < 4.78 is -1.79. The highest BCUT2D eigenvalue weighted by atomic mass is 35.6. The average molecular weight is 426 g/mol. The van der Waals surface area contributed by atoms with Crippen LogP contribution in [-0.4, -0.2) is 21.0 Å². The molecule has 0 bridgehead atoms. The third kappa shape index (κ3) is 4.87. The highest BCUT2D eigenvalue weighted by molar-refractivity contribution is 7.80. The van der Waals surface area contributed by atoms with Crippen molar-refractivity contribution in [3.05, 3.63) is 16.0 Å². The zero-order valence-electron chi connectivity index (χ0n) is 12.7. The number of hydrogen-bond acceptors (Lipinski definition) is 4. The molecule has 130 valence electrons. The summed E-state index contributed by atoms with van der Waals surface area (Å²) in [5.41, 5.74) is 1.71. The molecule has 0 saturated heterocycles. The minimum Gasteiger partial charge on any atom is -0.339 e. The number of fused-ring (bicyclic) bond motifs is 1. The smallest absolute Gasteiger partial charge is 0.228 e. The first-order chi connectivity index (χ1) is 11.2. The molecule has 0 radical (unpaired) electrons. The Morgan fingerprint density at radius 3 is 2.58 bits per heavy atom. The van der Waals surface area contributed by atoms with Gasteiger partial charge in [-0.15, -0.1) is 11.3 Å². The molecular weight excluding hydrogens is 411 g/mol. The maximum Gasteiger partial charge on any atom is 0.228 e. The second-order valence-corrected chi connectivity index (χ2v) is 9.18. The summed E-state index contributed by atoms with van der Waals surface area (Å²) >= 11 is 24.3. The van der Waals surface area contributed by atoms with Gasteiger partial charge in [-0.25, -0.2) is 0 Å². The molecule has 2 rings (SSSR count). The first kappa shape index (κ1) is 19.5. The van der Waals surface area contributed by atoms with E-state index in [2.05, 4.69) is 22.0 Å². The summed E-state index contributed by atoms with van der Waals surface area (Å²) in [5.74, 6) is -0.370. The normalized spacial score (nSPS) is 15.0. The molecule has 5 nitrogen and oxygen atoms in total. The van der Waals surface area contributed by atoms with Crippen LogP contribution in [0.5, 0.6) is 0 Å². The molecule has 10 heteroatoms. The molecule has 1 aromatic rings. The number of halogens is 3. The van der Waals surface area contributed by atoms with Crippen molar-refractivity contribution in [2.24, 2.45) is 0 Å². The van der Waals surface area contributed by atoms with E-state index in [1.165, 1.54) is 23.1 Å². The molecule has 1 unspecified atom stereocenters. The van der Waals surface area contributed by atoms with E-state index in [0.717, 1.165) is 31.2 Å².